The van der Waals surface area contributed by atoms with Gasteiger partial charge >= 0.3 is 5.97 Å². The zero-order valence-corrected chi connectivity index (χ0v) is 12.4. The van der Waals surface area contributed by atoms with Crippen molar-refractivity contribution in [3.05, 3.63) is 42.2 Å². The Bertz CT molecular complexity index is 645. The van der Waals surface area contributed by atoms with Crippen molar-refractivity contribution >= 4 is 5.97 Å². The SMILES string of the molecule is O=C(O)Cc1cccc(-c2cnn(CC3CCOCC3)c2)c1. The molecule has 5 heteroatoms. The molecule has 1 fully saturated rings. The van der Waals surface area contributed by atoms with Crippen LogP contribution in [0, 0.1) is 5.92 Å². The summed E-state index contributed by atoms with van der Waals surface area (Å²) in [5, 5.41) is 13.3. The molecule has 0 bridgehead atoms. The van der Waals surface area contributed by atoms with E-state index in [0.717, 1.165) is 49.3 Å². The van der Waals surface area contributed by atoms with Gasteiger partial charge in [0.1, 0.15) is 0 Å². The average Bonchev–Trinajstić information content (AvgIpc) is 2.96. The lowest BCUT2D eigenvalue weighted by Gasteiger charge is -2.21. The summed E-state index contributed by atoms with van der Waals surface area (Å²) in [6.45, 7) is 2.60. The highest BCUT2D eigenvalue weighted by Gasteiger charge is 2.15. The van der Waals surface area contributed by atoms with Crippen LogP contribution in [0.2, 0.25) is 0 Å². The van der Waals surface area contributed by atoms with E-state index in [1.807, 2.05) is 41.3 Å². The molecule has 1 aliphatic rings. The van der Waals surface area contributed by atoms with Crippen LogP contribution in [0.25, 0.3) is 11.1 Å². The Morgan fingerprint density at radius 2 is 2.14 bits per heavy atom. The minimum absolute atomic E-state index is 0.0457. The zero-order chi connectivity index (χ0) is 15.4. The standard InChI is InChI=1S/C17H20N2O3/c20-17(21)9-14-2-1-3-15(8-14)16-10-18-19(12-16)11-13-4-6-22-7-5-13/h1-3,8,10,12-13H,4-7,9,11H2,(H,20,21). The van der Waals surface area contributed by atoms with Gasteiger partial charge in [-0.1, -0.05) is 24.3 Å². The largest absolute Gasteiger partial charge is 0.481 e. The van der Waals surface area contributed by atoms with Crippen molar-refractivity contribution in [1.29, 1.82) is 0 Å². The topological polar surface area (TPSA) is 64.3 Å². The van der Waals surface area contributed by atoms with Crippen LogP contribution in [0.3, 0.4) is 0 Å². The van der Waals surface area contributed by atoms with E-state index in [2.05, 4.69) is 5.10 Å². The molecule has 1 aliphatic heterocycles. The van der Waals surface area contributed by atoms with E-state index in [1.165, 1.54) is 0 Å². The Balaban J connectivity index is 1.71. The van der Waals surface area contributed by atoms with E-state index >= 15 is 0 Å². The van der Waals surface area contributed by atoms with Crippen LogP contribution in [0.4, 0.5) is 0 Å². The number of ether oxygens (including phenoxy) is 1. The summed E-state index contributed by atoms with van der Waals surface area (Å²) in [6, 6.07) is 7.64. The van der Waals surface area contributed by atoms with Gasteiger partial charge in [-0.25, -0.2) is 0 Å². The van der Waals surface area contributed by atoms with Crippen LogP contribution >= 0.6 is 0 Å². The summed E-state index contributed by atoms with van der Waals surface area (Å²) in [4.78, 5) is 10.8. The number of aliphatic carboxylic acids is 1. The molecule has 0 spiro atoms. The van der Waals surface area contributed by atoms with Crippen molar-refractivity contribution in [2.75, 3.05) is 13.2 Å². The third kappa shape index (κ3) is 3.74. The van der Waals surface area contributed by atoms with Crippen LogP contribution in [0.1, 0.15) is 18.4 Å². The lowest BCUT2D eigenvalue weighted by Crippen LogP contribution is -2.20. The Hall–Kier alpha value is -2.14. The number of carbonyl (C=O) groups is 1. The van der Waals surface area contributed by atoms with Gasteiger partial charge in [0.25, 0.3) is 0 Å². The van der Waals surface area contributed by atoms with Gasteiger partial charge in [-0.2, -0.15) is 5.10 Å². The van der Waals surface area contributed by atoms with Crippen LogP contribution in [-0.4, -0.2) is 34.1 Å². The van der Waals surface area contributed by atoms with Gasteiger partial charge in [0.2, 0.25) is 0 Å². The molecule has 22 heavy (non-hydrogen) atoms. The van der Waals surface area contributed by atoms with Gasteiger partial charge in [-0.3, -0.25) is 9.48 Å². The second-order valence-electron chi connectivity index (χ2n) is 5.78. The highest BCUT2D eigenvalue weighted by Crippen LogP contribution is 2.22. The summed E-state index contributed by atoms with van der Waals surface area (Å²) in [5.41, 5.74) is 2.85. The molecule has 1 aromatic carbocycles. The number of benzene rings is 1. The fourth-order valence-corrected chi connectivity index (χ4v) is 2.84. The van der Waals surface area contributed by atoms with Crippen LogP contribution in [0.5, 0.6) is 0 Å². The summed E-state index contributed by atoms with van der Waals surface area (Å²) < 4.78 is 7.36. The molecule has 116 valence electrons. The normalized spacial score (nSPS) is 15.8. The first-order valence-corrected chi connectivity index (χ1v) is 7.62. The van der Waals surface area contributed by atoms with Gasteiger partial charge < -0.3 is 9.84 Å². The maximum absolute atomic E-state index is 10.8. The third-order valence-electron chi connectivity index (χ3n) is 4.04. The number of nitrogens with zero attached hydrogens (tertiary/aromatic N) is 2. The fourth-order valence-electron chi connectivity index (χ4n) is 2.84. The summed E-state index contributed by atoms with van der Waals surface area (Å²) >= 11 is 0. The highest BCUT2D eigenvalue weighted by molar-refractivity contribution is 5.71. The number of rotatable bonds is 5. The van der Waals surface area contributed by atoms with E-state index in [1.54, 1.807) is 0 Å². The molecule has 1 N–H and O–H groups in total. The lowest BCUT2D eigenvalue weighted by molar-refractivity contribution is -0.136. The van der Waals surface area contributed by atoms with Crippen molar-refractivity contribution in [2.45, 2.75) is 25.8 Å². The number of carboxylic acids is 1. The van der Waals surface area contributed by atoms with Crippen molar-refractivity contribution in [3.8, 4) is 11.1 Å². The zero-order valence-electron chi connectivity index (χ0n) is 12.4. The smallest absolute Gasteiger partial charge is 0.307 e. The van der Waals surface area contributed by atoms with Crippen LogP contribution < -0.4 is 0 Å². The number of hydrogen-bond donors (Lipinski definition) is 1. The highest BCUT2D eigenvalue weighted by atomic mass is 16.5. The average molecular weight is 300 g/mol. The first-order chi connectivity index (χ1) is 10.7. The molecule has 5 nitrogen and oxygen atoms in total. The molecule has 3 rings (SSSR count). The Labute approximate surface area is 129 Å². The second kappa shape index (κ2) is 6.75. The van der Waals surface area contributed by atoms with Crippen molar-refractivity contribution in [3.63, 3.8) is 0 Å². The minimum Gasteiger partial charge on any atom is -0.481 e. The van der Waals surface area contributed by atoms with E-state index in [9.17, 15) is 4.79 Å². The number of carboxylic acid groups (broad SMARTS) is 1. The van der Waals surface area contributed by atoms with Gasteiger partial charge in [0.05, 0.1) is 12.6 Å². The number of hydrogen-bond acceptors (Lipinski definition) is 3. The Morgan fingerprint density at radius 3 is 2.91 bits per heavy atom. The first kappa shape index (κ1) is 14.8. The molecule has 0 atom stereocenters. The summed E-state index contributed by atoms with van der Waals surface area (Å²) in [5.74, 6) is -0.188. The van der Waals surface area contributed by atoms with E-state index in [0.29, 0.717) is 5.92 Å². The molecule has 1 aromatic heterocycles. The van der Waals surface area contributed by atoms with Crippen LogP contribution in [0.15, 0.2) is 36.7 Å². The van der Waals surface area contributed by atoms with Gasteiger partial charge in [-0.15, -0.1) is 0 Å². The lowest BCUT2D eigenvalue weighted by atomic mass is 10.0. The molecule has 0 unspecified atom stereocenters. The van der Waals surface area contributed by atoms with Gasteiger partial charge in [0.15, 0.2) is 0 Å². The third-order valence-corrected chi connectivity index (χ3v) is 4.04. The fraction of sp³-hybridized carbons (Fsp3) is 0.412. The summed E-state index contributed by atoms with van der Waals surface area (Å²) in [6.07, 6.45) is 6.10. The molecular weight excluding hydrogens is 280 g/mol. The van der Waals surface area contributed by atoms with Crippen molar-refractivity contribution in [2.24, 2.45) is 5.92 Å². The van der Waals surface area contributed by atoms with E-state index in [4.69, 9.17) is 9.84 Å². The Morgan fingerprint density at radius 1 is 1.32 bits per heavy atom. The number of aromatic nitrogens is 2. The molecule has 2 aromatic rings. The molecule has 0 aliphatic carbocycles. The molecule has 0 radical (unpaired) electrons. The minimum atomic E-state index is -0.813. The van der Waals surface area contributed by atoms with Gasteiger partial charge in [0, 0.05) is 31.5 Å². The molecule has 1 saturated heterocycles. The molecule has 0 saturated carbocycles. The van der Waals surface area contributed by atoms with E-state index in [-0.39, 0.29) is 6.42 Å². The maximum atomic E-state index is 10.8. The molecular formula is C17H20N2O3. The van der Waals surface area contributed by atoms with E-state index < -0.39 is 5.97 Å². The second-order valence-corrected chi connectivity index (χ2v) is 5.78. The first-order valence-electron chi connectivity index (χ1n) is 7.62. The van der Waals surface area contributed by atoms with Gasteiger partial charge in [-0.05, 0) is 29.9 Å². The summed E-state index contributed by atoms with van der Waals surface area (Å²) in [7, 11) is 0. The molecule has 2 heterocycles. The predicted octanol–water partition coefficient (Wildman–Crippen LogP) is 2.60. The quantitative estimate of drug-likeness (QED) is 0.922. The Kier molecular flexibility index (Phi) is 4.53. The van der Waals surface area contributed by atoms with Crippen molar-refractivity contribution in [1.82, 2.24) is 9.78 Å². The maximum Gasteiger partial charge on any atom is 0.307 e. The monoisotopic (exact) mass is 300 g/mol. The predicted molar refractivity (Wildman–Crippen MR) is 82.5 cm³/mol. The molecule has 0 amide bonds. The van der Waals surface area contributed by atoms with Crippen molar-refractivity contribution < 1.29 is 14.6 Å². The van der Waals surface area contributed by atoms with Crippen LogP contribution in [-0.2, 0) is 22.5 Å².